The number of hydrogen-bond donors (Lipinski definition) is 1. The van der Waals surface area contributed by atoms with Crippen molar-refractivity contribution in [1.82, 2.24) is 4.90 Å². The molecule has 0 aromatic heterocycles. The number of hydrogen-bond acceptors (Lipinski definition) is 3. The Balaban J connectivity index is 1.65. The highest BCUT2D eigenvalue weighted by molar-refractivity contribution is 9.10. The summed E-state index contributed by atoms with van der Waals surface area (Å²) < 4.78 is 6.95. The van der Waals surface area contributed by atoms with Gasteiger partial charge in [0.05, 0.1) is 18.3 Å². The number of morpholine rings is 1. The van der Waals surface area contributed by atoms with Gasteiger partial charge in [0.25, 0.3) is 0 Å². The molecule has 1 saturated heterocycles. The van der Waals surface area contributed by atoms with E-state index in [2.05, 4.69) is 33.0 Å². The standard InChI is InChI=1S/C18H18BrNO3/c19-16-3-1-2-15(10-16)17-12-20(8-9-23-17)11-13-4-6-14(7-5-13)18(21)22/h1-7,10,17H,8-9,11-12H2,(H,21,22). The van der Waals surface area contributed by atoms with Gasteiger partial charge in [0.15, 0.2) is 0 Å². The van der Waals surface area contributed by atoms with Crippen LogP contribution in [0.3, 0.4) is 0 Å². The second-order valence-corrected chi connectivity index (χ2v) is 6.57. The highest BCUT2D eigenvalue weighted by atomic mass is 79.9. The molecule has 23 heavy (non-hydrogen) atoms. The summed E-state index contributed by atoms with van der Waals surface area (Å²) in [6.07, 6.45) is 0.0690. The third kappa shape index (κ3) is 4.19. The van der Waals surface area contributed by atoms with Crippen LogP contribution in [-0.2, 0) is 11.3 Å². The fourth-order valence-corrected chi connectivity index (χ4v) is 3.18. The molecule has 1 aliphatic rings. The van der Waals surface area contributed by atoms with Crippen molar-refractivity contribution in [2.75, 3.05) is 19.7 Å². The number of benzene rings is 2. The zero-order valence-electron chi connectivity index (χ0n) is 12.6. The molecule has 1 atom stereocenters. The monoisotopic (exact) mass is 375 g/mol. The van der Waals surface area contributed by atoms with Crippen molar-refractivity contribution in [3.63, 3.8) is 0 Å². The molecule has 4 nitrogen and oxygen atoms in total. The average Bonchev–Trinajstić information content (AvgIpc) is 2.56. The molecule has 3 rings (SSSR count). The highest BCUT2D eigenvalue weighted by Gasteiger charge is 2.22. The van der Waals surface area contributed by atoms with Crippen LogP contribution in [0, 0.1) is 0 Å². The van der Waals surface area contributed by atoms with Gasteiger partial charge >= 0.3 is 5.97 Å². The lowest BCUT2D eigenvalue weighted by atomic mass is 10.1. The lowest BCUT2D eigenvalue weighted by molar-refractivity contribution is -0.0329. The van der Waals surface area contributed by atoms with Crippen LogP contribution in [0.1, 0.15) is 27.6 Å². The number of carboxylic acid groups (broad SMARTS) is 1. The molecule has 0 bridgehead atoms. The molecule has 0 amide bonds. The SMILES string of the molecule is O=C(O)c1ccc(CN2CCOC(c3cccc(Br)c3)C2)cc1. The number of aromatic carboxylic acids is 1. The van der Waals surface area contributed by atoms with Crippen LogP contribution in [0.25, 0.3) is 0 Å². The molecule has 0 saturated carbocycles. The van der Waals surface area contributed by atoms with Crippen LogP contribution in [0.2, 0.25) is 0 Å². The van der Waals surface area contributed by atoms with E-state index in [1.165, 1.54) is 5.56 Å². The van der Waals surface area contributed by atoms with E-state index < -0.39 is 5.97 Å². The van der Waals surface area contributed by atoms with Gasteiger partial charge in [-0.25, -0.2) is 4.79 Å². The number of nitrogens with zero attached hydrogens (tertiary/aromatic N) is 1. The van der Waals surface area contributed by atoms with Gasteiger partial charge in [0, 0.05) is 24.1 Å². The molecule has 1 heterocycles. The van der Waals surface area contributed by atoms with Crippen LogP contribution in [-0.4, -0.2) is 35.7 Å². The molecule has 0 spiro atoms. The van der Waals surface area contributed by atoms with Gasteiger partial charge in [-0.1, -0.05) is 40.2 Å². The molecule has 1 fully saturated rings. The van der Waals surface area contributed by atoms with Gasteiger partial charge in [-0.3, -0.25) is 4.90 Å². The number of rotatable bonds is 4. The Morgan fingerprint density at radius 3 is 2.74 bits per heavy atom. The van der Waals surface area contributed by atoms with Crippen molar-refractivity contribution in [1.29, 1.82) is 0 Å². The van der Waals surface area contributed by atoms with E-state index in [-0.39, 0.29) is 6.10 Å². The first-order valence-corrected chi connectivity index (χ1v) is 8.33. The molecule has 120 valence electrons. The molecule has 0 radical (unpaired) electrons. The maximum atomic E-state index is 10.9. The predicted molar refractivity (Wildman–Crippen MR) is 91.5 cm³/mol. The zero-order chi connectivity index (χ0) is 16.2. The molecule has 1 N–H and O–H groups in total. The van der Waals surface area contributed by atoms with Gasteiger partial charge in [-0.2, -0.15) is 0 Å². The summed E-state index contributed by atoms with van der Waals surface area (Å²) >= 11 is 3.50. The molecule has 2 aromatic rings. The molecule has 5 heteroatoms. The fraction of sp³-hybridized carbons (Fsp3) is 0.278. The second kappa shape index (κ2) is 7.25. The van der Waals surface area contributed by atoms with Crippen molar-refractivity contribution >= 4 is 21.9 Å². The van der Waals surface area contributed by atoms with Gasteiger partial charge in [0.1, 0.15) is 0 Å². The van der Waals surface area contributed by atoms with Crippen LogP contribution >= 0.6 is 15.9 Å². The van der Waals surface area contributed by atoms with Crippen molar-refractivity contribution in [3.8, 4) is 0 Å². The Hall–Kier alpha value is -1.69. The fourth-order valence-electron chi connectivity index (χ4n) is 2.77. The first kappa shape index (κ1) is 16.2. The minimum absolute atomic E-state index is 0.0690. The number of halogens is 1. The van der Waals surface area contributed by atoms with Gasteiger partial charge < -0.3 is 9.84 Å². The zero-order valence-corrected chi connectivity index (χ0v) is 14.2. The minimum Gasteiger partial charge on any atom is -0.478 e. The number of carboxylic acids is 1. The molecule has 1 aliphatic heterocycles. The predicted octanol–water partition coefficient (Wildman–Crippen LogP) is 3.72. The molecule has 0 aliphatic carbocycles. The molecular formula is C18H18BrNO3. The van der Waals surface area contributed by atoms with Gasteiger partial charge in [-0.15, -0.1) is 0 Å². The summed E-state index contributed by atoms with van der Waals surface area (Å²) in [7, 11) is 0. The number of ether oxygens (including phenoxy) is 1. The Kier molecular flexibility index (Phi) is 5.10. The van der Waals surface area contributed by atoms with E-state index in [0.29, 0.717) is 12.2 Å². The van der Waals surface area contributed by atoms with Crippen LogP contribution < -0.4 is 0 Å². The Morgan fingerprint density at radius 2 is 2.04 bits per heavy atom. The maximum absolute atomic E-state index is 10.9. The maximum Gasteiger partial charge on any atom is 0.335 e. The molecule has 2 aromatic carbocycles. The van der Waals surface area contributed by atoms with Crippen molar-refractivity contribution in [2.45, 2.75) is 12.6 Å². The summed E-state index contributed by atoms with van der Waals surface area (Å²) in [5, 5.41) is 8.95. The minimum atomic E-state index is -0.891. The molecular weight excluding hydrogens is 358 g/mol. The average molecular weight is 376 g/mol. The van der Waals surface area contributed by atoms with Crippen molar-refractivity contribution in [2.24, 2.45) is 0 Å². The van der Waals surface area contributed by atoms with E-state index in [9.17, 15) is 4.79 Å². The van der Waals surface area contributed by atoms with Gasteiger partial charge in [-0.05, 0) is 35.4 Å². The third-order valence-corrected chi connectivity index (χ3v) is 4.47. The number of carbonyl (C=O) groups is 1. The van der Waals surface area contributed by atoms with E-state index in [1.807, 2.05) is 24.3 Å². The summed E-state index contributed by atoms with van der Waals surface area (Å²) in [6.45, 7) is 3.21. The second-order valence-electron chi connectivity index (χ2n) is 5.65. The normalized spacial score (nSPS) is 18.7. The lowest BCUT2D eigenvalue weighted by Gasteiger charge is -2.33. The first-order chi connectivity index (χ1) is 11.1. The topological polar surface area (TPSA) is 49.8 Å². The van der Waals surface area contributed by atoms with Crippen molar-refractivity contribution in [3.05, 3.63) is 69.7 Å². The highest BCUT2D eigenvalue weighted by Crippen LogP contribution is 2.25. The van der Waals surface area contributed by atoms with E-state index in [1.54, 1.807) is 12.1 Å². The largest absolute Gasteiger partial charge is 0.478 e. The van der Waals surface area contributed by atoms with Crippen LogP contribution in [0.4, 0.5) is 0 Å². The Morgan fingerprint density at radius 1 is 1.26 bits per heavy atom. The third-order valence-electron chi connectivity index (χ3n) is 3.98. The van der Waals surface area contributed by atoms with Crippen LogP contribution in [0.5, 0.6) is 0 Å². The van der Waals surface area contributed by atoms with Crippen LogP contribution in [0.15, 0.2) is 53.0 Å². The first-order valence-electron chi connectivity index (χ1n) is 7.53. The molecule has 1 unspecified atom stereocenters. The quantitative estimate of drug-likeness (QED) is 0.884. The summed E-state index contributed by atoms with van der Waals surface area (Å²) in [6, 6.07) is 15.3. The summed E-state index contributed by atoms with van der Waals surface area (Å²) in [4.78, 5) is 13.2. The Bertz CT molecular complexity index is 687. The Labute approximate surface area is 143 Å². The van der Waals surface area contributed by atoms with E-state index in [4.69, 9.17) is 9.84 Å². The van der Waals surface area contributed by atoms with E-state index in [0.717, 1.165) is 29.7 Å². The summed E-state index contributed by atoms with van der Waals surface area (Å²) in [5.41, 5.74) is 2.61. The van der Waals surface area contributed by atoms with Gasteiger partial charge in [0.2, 0.25) is 0 Å². The summed E-state index contributed by atoms with van der Waals surface area (Å²) in [5.74, 6) is -0.891. The smallest absolute Gasteiger partial charge is 0.335 e. The van der Waals surface area contributed by atoms with E-state index >= 15 is 0 Å². The lowest BCUT2D eigenvalue weighted by Crippen LogP contribution is -2.37. The van der Waals surface area contributed by atoms with Crippen molar-refractivity contribution < 1.29 is 14.6 Å².